The molecule has 2 aromatic heterocycles. The minimum Gasteiger partial charge on any atom is -0.481 e. The number of rotatable bonds is 1. The van der Waals surface area contributed by atoms with Crippen molar-refractivity contribution in [1.82, 2.24) is 15.0 Å². The molecule has 3 heterocycles. The lowest BCUT2D eigenvalue weighted by Gasteiger charge is -2.31. The number of alkyl halides is 3. The second kappa shape index (κ2) is 7.86. The van der Waals surface area contributed by atoms with Gasteiger partial charge in [-0.2, -0.15) is 13.2 Å². The van der Waals surface area contributed by atoms with E-state index in [2.05, 4.69) is 26.8 Å². The van der Waals surface area contributed by atoms with Crippen molar-refractivity contribution in [3.63, 3.8) is 0 Å². The highest BCUT2D eigenvalue weighted by molar-refractivity contribution is 7.10. The molecule has 1 aliphatic rings. The third kappa shape index (κ3) is 3.93. The standard InChI is InChI=1S/C24H14ClF4N3OS/c1-23(2)21-20(31-22(32-21)19-14(25)4-3-5-15(19)26)13-8-6-12(10-16(13)33-23)7-9-18-30-17(11-34-18)24(27,28)29/h3-6,8,10-11H,1-2H3,(H,31,32). The van der Waals surface area contributed by atoms with Crippen LogP contribution in [-0.4, -0.2) is 15.0 Å². The molecule has 2 aromatic carbocycles. The molecule has 0 bridgehead atoms. The first kappa shape index (κ1) is 22.4. The molecule has 0 amide bonds. The largest absolute Gasteiger partial charge is 0.481 e. The number of benzene rings is 2. The Morgan fingerprint density at radius 3 is 2.62 bits per heavy atom. The number of hydrogen-bond donors (Lipinski definition) is 1. The van der Waals surface area contributed by atoms with E-state index in [0.717, 1.165) is 16.7 Å². The molecule has 5 rings (SSSR count). The van der Waals surface area contributed by atoms with Crippen LogP contribution in [0.15, 0.2) is 41.8 Å². The van der Waals surface area contributed by atoms with Crippen molar-refractivity contribution in [2.24, 2.45) is 0 Å². The van der Waals surface area contributed by atoms with Crippen LogP contribution in [0.2, 0.25) is 5.02 Å². The number of aromatic nitrogens is 3. The molecule has 172 valence electrons. The number of aromatic amines is 1. The van der Waals surface area contributed by atoms with Crippen molar-refractivity contribution in [3.05, 3.63) is 74.6 Å². The van der Waals surface area contributed by atoms with Crippen LogP contribution in [-0.2, 0) is 11.8 Å². The van der Waals surface area contributed by atoms with E-state index in [9.17, 15) is 17.6 Å². The Labute approximate surface area is 200 Å². The number of nitrogens with zero attached hydrogens (tertiary/aromatic N) is 2. The normalized spacial score (nSPS) is 14.0. The quantitative estimate of drug-likeness (QED) is 0.224. The molecule has 0 spiro atoms. The van der Waals surface area contributed by atoms with Crippen molar-refractivity contribution in [3.8, 4) is 40.2 Å². The van der Waals surface area contributed by atoms with E-state index in [1.165, 1.54) is 12.1 Å². The minimum absolute atomic E-state index is 0.0635. The molecule has 10 heteroatoms. The van der Waals surface area contributed by atoms with E-state index >= 15 is 0 Å². The van der Waals surface area contributed by atoms with Gasteiger partial charge in [-0.3, -0.25) is 0 Å². The monoisotopic (exact) mass is 503 g/mol. The van der Waals surface area contributed by atoms with E-state index in [-0.39, 0.29) is 21.4 Å². The molecule has 0 atom stereocenters. The fourth-order valence-electron chi connectivity index (χ4n) is 3.65. The molecule has 4 nitrogen and oxygen atoms in total. The number of ether oxygens (including phenoxy) is 1. The summed E-state index contributed by atoms with van der Waals surface area (Å²) in [7, 11) is 0. The molecule has 0 aliphatic carbocycles. The van der Waals surface area contributed by atoms with Crippen molar-refractivity contribution in [1.29, 1.82) is 0 Å². The van der Waals surface area contributed by atoms with Crippen LogP contribution in [0.3, 0.4) is 0 Å². The van der Waals surface area contributed by atoms with Crippen molar-refractivity contribution in [2.45, 2.75) is 25.6 Å². The smallest absolute Gasteiger partial charge is 0.434 e. The highest BCUT2D eigenvalue weighted by Crippen LogP contribution is 2.45. The number of H-pyrrole nitrogens is 1. The second-order valence-electron chi connectivity index (χ2n) is 8.01. The van der Waals surface area contributed by atoms with Gasteiger partial charge < -0.3 is 9.72 Å². The lowest BCUT2D eigenvalue weighted by atomic mass is 9.94. The van der Waals surface area contributed by atoms with Crippen LogP contribution in [0, 0.1) is 17.7 Å². The van der Waals surface area contributed by atoms with Crippen molar-refractivity contribution >= 4 is 22.9 Å². The van der Waals surface area contributed by atoms with Gasteiger partial charge in [-0.1, -0.05) is 23.6 Å². The predicted octanol–water partition coefficient (Wildman–Crippen LogP) is 7.04. The average molecular weight is 504 g/mol. The predicted molar refractivity (Wildman–Crippen MR) is 121 cm³/mol. The zero-order valence-electron chi connectivity index (χ0n) is 17.6. The molecule has 4 aromatic rings. The summed E-state index contributed by atoms with van der Waals surface area (Å²) in [5.41, 5.74) is 0.844. The number of fused-ring (bicyclic) bond motifs is 3. The van der Waals surface area contributed by atoms with Gasteiger partial charge >= 0.3 is 6.18 Å². The first-order valence-corrected chi connectivity index (χ1v) is 11.2. The molecule has 34 heavy (non-hydrogen) atoms. The number of hydrogen-bond acceptors (Lipinski definition) is 4. The number of nitrogens with one attached hydrogen (secondary N) is 1. The van der Waals surface area contributed by atoms with Gasteiger partial charge in [-0.05, 0) is 50.1 Å². The second-order valence-corrected chi connectivity index (χ2v) is 9.28. The van der Waals surface area contributed by atoms with Crippen LogP contribution in [0.25, 0.3) is 22.6 Å². The highest BCUT2D eigenvalue weighted by atomic mass is 35.5. The van der Waals surface area contributed by atoms with Crippen LogP contribution < -0.4 is 4.74 Å². The van der Waals surface area contributed by atoms with Crippen molar-refractivity contribution in [2.75, 3.05) is 0 Å². The molecule has 0 fully saturated rings. The van der Waals surface area contributed by atoms with E-state index < -0.39 is 23.3 Å². The summed E-state index contributed by atoms with van der Waals surface area (Å²) in [5.74, 6) is 5.79. The van der Waals surface area contributed by atoms with Gasteiger partial charge in [0.2, 0.25) is 0 Å². The van der Waals surface area contributed by atoms with Crippen LogP contribution in [0.5, 0.6) is 5.75 Å². The Morgan fingerprint density at radius 2 is 1.91 bits per heavy atom. The lowest BCUT2D eigenvalue weighted by Crippen LogP contribution is -2.29. The fraction of sp³-hybridized carbons (Fsp3) is 0.167. The third-order valence-corrected chi connectivity index (χ3v) is 6.27. The topological polar surface area (TPSA) is 50.8 Å². The molecule has 0 saturated carbocycles. The zero-order valence-corrected chi connectivity index (χ0v) is 19.2. The lowest BCUT2D eigenvalue weighted by molar-refractivity contribution is -0.140. The van der Waals surface area contributed by atoms with Gasteiger partial charge in [0.25, 0.3) is 0 Å². The summed E-state index contributed by atoms with van der Waals surface area (Å²) in [6.45, 7) is 3.66. The van der Waals surface area contributed by atoms with E-state index in [1.54, 1.807) is 24.3 Å². The van der Waals surface area contributed by atoms with Gasteiger partial charge in [0.05, 0.1) is 16.3 Å². The SMILES string of the molecule is CC1(C)Oc2cc(C#Cc3nc(C(F)(F)F)cs3)ccc2-c2[nH]c(-c3c(F)cccc3Cl)nc21. The summed E-state index contributed by atoms with van der Waals surface area (Å²) in [6, 6.07) is 9.59. The molecule has 0 unspecified atom stereocenters. The van der Waals surface area contributed by atoms with Crippen molar-refractivity contribution < 1.29 is 22.3 Å². The summed E-state index contributed by atoms with van der Waals surface area (Å²) < 4.78 is 58.9. The number of thiazole rings is 1. The average Bonchev–Trinajstić information content (AvgIpc) is 3.40. The van der Waals surface area contributed by atoms with Gasteiger partial charge in [0, 0.05) is 16.5 Å². The molecule has 0 saturated heterocycles. The maximum atomic E-state index is 14.5. The van der Waals surface area contributed by atoms with Crippen LogP contribution in [0.4, 0.5) is 17.6 Å². The summed E-state index contributed by atoms with van der Waals surface area (Å²) in [4.78, 5) is 11.3. The number of halogens is 5. The molecule has 0 radical (unpaired) electrons. The van der Waals surface area contributed by atoms with E-state index in [1.807, 2.05) is 13.8 Å². The maximum absolute atomic E-state index is 14.5. The van der Waals surface area contributed by atoms with Gasteiger partial charge in [-0.15, -0.1) is 11.3 Å². The first-order valence-electron chi connectivity index (χ1n) is 9.96. The highest BCUT2D eigenvalue weighted by Gasteiger charge is 2.37. The van der Waals surface area contributed by atoms with Crippen LogP contribution in [0.1, 0.15) is 35.8 Å². The summed E-state index contributed by atoms with van der Waals surface area (Å²) in [6.07, 6.45) is -4.50. The maximum Gasteiger partial charge on any atom is 0.434 e. The van der Waals surface area contributed by atoms with Gasteiger partial charge in [0.1, 0.15) is 28.7 Å². The summed E-state index contributed by atoms with van der Waals surface area (Å²) >= 11 is 7.05. The Morgan fingerprint density at radius 1 is 1.12 bits per heavy atom. The Bertz CT molecular complexity index is 1470. The van der Waals surface area contributed by atoms with Crippen LogP contribution >= 0.6 is 22.9 Å². The van der Waals surface area contributed by atoms with Gasteiger partial charge in [0.15, 0.2) is 10.7 Å². The molecule has 1 aliphatic heterocycles. The fourth-order valence-corrected chi connectivity index (χ4v) is 4.57. The first-order chi connectivity index (χ1) is 16.0. The third-order valence-electron chi connectivity index (χ3n) is 5.20. The van der Waals surface area contributed by atoms with E-state index in [4.69, 9.17) is 16.3 Å². The Balaban J connectivity index is 1.53. The molecular formula is C24H14ClF4N3OS. The zero-order chi connectivity index (χ0) is 24.3. The minimum atomic E-state index is -4.50. The number of imidazole rings is 1. The Hall–Kier alpha value is -3.35. The molecule has 1 N–H and O–H groups in total. The van der Waals surface area contributed by atoms with E-state index in [0.29, 0.717) is 28.3 Å². The molecular weight excluding hydrogens is 490 g/mol. The Kier molecular flexibility index (Phi) is 5.19. The summed E-state index contributed by atoms with van der Waals surface area (Å²) in [5, 5.41) is 1.22. The van der Waals surface area contributed by atoms with Gasteiger partial charge in [-0.25, -0.2) is 14.4 Å².